The molecule has 0 fully saturated rings. The highest BCUT2D eigenvalue weighted by molar-refractivity contribution is 7.98. The molecule has 3 rings (SSSR count). The predicted octanol–water partition coefficient (Wildman–Crippen LogP) is 4.76. The number of fused-ring (bicyclic) bond motifs is 1. The van der Waals surface area contributed by atoms with E-state index < -0.39 is 0 Å². The SMILES string of the molecule is COc1cccc2cc(C(=O)NCCSCc3ccccc3Cl)oc12. The van der Waals surface area contributed by atoms with Crippen LogP contribution in [0.4, 0.5) is 0 Å². The lowest BCUT2D eigenvalue weighted by Crippen LogP contribution is -2.25. The van der Waals surface area contributed by atoms with Gasteiger partial charge >= 0.3 is 0 Å². The van der Waals surface area contributed by atoms with Crippen molar-refractivity contribution in [3.05, 3.63) is 64.9 Å². The molecule has 25 heavy (non-hydrogen) atoms. The number of nitrogens with one attached hydrogen (secondary N) is 1. The summed E-state index contributed by atoms with van der Waals surface area (Å²) in [4.78, 5) is 12.2. The van der Waals surface area contributed by atoms with E-state index in [9.17, 15) is 4.79 Å². The lowest BCUT2D eigenvalue weighted by molar-refractivity contribution is 0.0930. The number of hydrogen-bond acceptors (Lipinski definition) is 4. The number of thioether (sulfide) groups is 1. The normalized spacial score (nSPS) is 10.8. The standard InChI is InChI=1S/C19H18ClNO3S/c1-23-16-8-4-6-13-11-17(24-18(13)16)19(22)21-9-10-25-12-14-5-2-3-7-15(14)20/h2-8,11H,9-10,12H2,1H3,(H,21,22). The maximum absolute atomic E-state index is 12.2. The first-order chi connectivity index (χ1) is 12.2. The summed E-state index contributed by atoms with van der Waals surface area (Å²) in [6, 6.07) is 15.1. The third kappa shape index (κ3) is 4.30. The number of hydrogen-bond donors (Lipinski definition) is 1. The van der Waals surface area contributed by atoms with Crippen LogP contribution in [0.5, 0.6) is 5.75 Å². The molecule has 0 aliphatic carbocycles. The number of carbonyl (C=O) groups excluding carboxylic acids is 1. The van der Waals surface area contributed by atoms with Gasteiger partial charge in [-0.2, -0.15) is 11.8 Å². The minimum Gasteiger partial charge on any atom is -0.493 e. The zero-order valence-corrected chi connectivity index (χ0v) is 15.3. The van der Waals surface area contributed by atoms with Gasteiger partial charge in [-0.3, -0.25) is 4.79 Å². The number of rotatable bonds is 7. The van der Waals surface area contributed by atoms with Gasteiger partial charge < -0.3 is 14.5 Å². The van der Waals surface area contributed by atoms with Crippen molar-refractivity contribution in [1.29, 1.82) is 0 Å². The number of benzene rings is 2. The Kier molecular flexibility index (Phi) is 5.89. The summed E-state index contributed by atoms with van der Waals surface area (Å²) in [6.07, 6.45) is 0. The molecule has 0 unspecified atom stereocenters. The number of furan rings is 1. The minimum absolute atomic E-state index is 0.225. The van der Waals surface area contributed by atoms with Crippen molar-refractivity contribution in [2.75, 3.05) is 19.4 Å². The molecule has 0 radical (unpaired) electrons. The second-order valence-electron chi connectivity index (χ2n) is 5.39. The molecule has 1 heterocycles. The van der Waals surface area contributed by atoms with Crippen LogP contribution >= 0.6 is 23.4 Å². The Morgan fingerprint density at radius 3 is 2.88 bits per heavy atom. The lowest BCUT2D eigenvalue weighted by Gasteiger charge is -2.05. The first-order valence-corrected chi connectivity index (χ1v) is 9.38. The van der Waals surface area contributed by atoms with Crippen molar-refractivity contribution < 1.29 is 13.9 Å². The Balaban J connectivity index is 1.50. The van der Waals surface area contributed by atoms with Gasteiger partial charge in [0.15, 0.2) is 17.1 Å². The average Bonchev–Trinajstić information content (AvgIpc) is 3.07. The van der Waals surface area contributed by atoms with E-state index in [0.717, 1.165) is 27.5 Å². The first kappa shape index (κ1) is 17.7. The zero-order chi connectivity index (χ0) is 17.6. The van der Waals surface area contributed by atoms with Gasteiger partial charge in [-0.05, 0) is 23.8 Å². The molecule has 0 atom stereocenters. The summed E-state index contributed by atoms with van der Waals surface area (Å²) < 4.78 is 10.9. The Hall–Kier alpha value is -2.11. The van der Waals surface area contributed by atoms with Crippen molar-refractivity contribution in [3.63, 3.8) is 0 Å². The Morgan fingerprint density at radius 1 is 1.24 bits per heavy atom. The third-order valence-corrected chi connectivity index (χ3v) is 5.08. The summed E-state index contributed by atoms with van der Waals surface area (Å²) >= 11 is 7.84. The third-order valence-electron chi connectivity index (χ3n) is 3.70. The molecular weight excluding hydrogens is 358 g/mol. The zero-order valence-electron chi connectivity index (χ0n) is 13.8. The molecule has 4 nitrogen and oxygen atoms in total. The maximum atomic E-state index is 12.2. The number of para-hydroxylation sites is 1. The second kappa shape index (κ2) is 8.32. The van der Waals surface area contributed by atoms with E-state index in [4.69, 9.17) is 20.8 Å². The second-order valence-corrected chi connectivity index (χ2v) is 6.90. The van der Waals surface area contributed by atoms with Crippen LogP contribution in [-0.2, 0) is 5.75 Å². The Bertz CT molecular complexity index is 878. The van der Waals surface area contributed by atoms with Crippen LogP contribution < -0.4 is 10.1 Å². The summed E-state index contributed by atoms with van der Waals surface area (Å²) in [7, 11) is 1.58. The van der Waals surface area contributed by atoms with Crippen LogP contribution in [-0.4, -0.2) is 25.3 Å². The van der Waals surface area contributed by atoms with Crippen LogP contribution in [0.15, 0.2) is 52.9 Å². The van der Waals surface area contributed by atoms with Crippen molar-refractivity contribution >= 4 is 40.2 Å². The molecule has 0 saturated carbocycles. The van der Waals surface area contributed by atoms with Crippen LogP contribution in [0.1, 0.15) is 16.1 Å². The van der Waals surface area contributed by atoms with E-state index in [1.807, 2.05) is 36.4 Å². The van der Waals surface area contributed by atoms with Crippen molar-refractivity contribution in [3.8, 4) is 5.75 Å². The lowest BCUT2D eigenvalue weighted by atomic mass is 10.2. The van der Waals surface area contributed by atoms with Gasteiger partial charge in [0.1, 0.15) is 0 Å². The van der Waals surface area contributed by atoms with Crippen molar-refractivity contribution in [2.24, 2.45) is 0 Å². The minimum atomic E-state index is -0.225. The van der Waals surface area contributed by atoms with Crippen molar-refractivity contribution in [1.82, 2.24) is 5.32 Å². The highest BCUT2D eigenvalue weighted by atomic mass is 35.5. The molecule has 0 aliphatic rings. The molecule has 2 aromatic carbocycles. The van der Waals surface area contributed by atoms with E-state index in [-0.39, 0.29) is 11.7 Å². The van der Waals surface area contributed by atoms with Gasteiger partial charge in [-0.15, -0.1) is 0 Å². The molecule has 0 saturated heterocycles. The highest BCUT2D eigenvalue weighted by Gasteiger charge is 2.14. The highest BCUT2D eigenvalue weighted by Crippen LogP contribution is 2.28. The molecule has 3 aromatic rings. The number of ether oxygens (including phenoxy) is 1. The molecule has 1 aromatic heterocycles. The van der Waals surface area contributed by atoms with Gasteiger partial charge in [-0.25, -0.2) is 0 Å². The van der Waals surface area contributed by atoms with E-state index in [1.54, 1.807) is 31.0 Å². The fourth-order valence-electron chi connectivity index (χ4n) is 2.43. The van der Waals surface area contributed by atoms with Crippen LogP contribution in [0, 0.1) is 0 Å². The Labute approximate surface area is 155 Å². The van der Waals surface area contributed by atoms with Crippen LogP contribution in [0.25, 0.3) is 11.0 Å². The van der Waals surface area contributed by atoms with E-state index in [0.29, 0.717) is 17.9 Å². The van der Waals surface area contributed by atoms with Gasteiger partial charge in [0, 0.05) is 28.5 Å². The molecule has 1 N–H and O–H groups in total. The van der Waals surface area contributed by atoms with E-state index in [2.05, 4.69) is 5.32 Å². The summed E-state index contributed by atoms with van der Waals surface area (Å²) in [5.41, 5.74) is 1.69. The summed E-state index contributed by atoms with van der Waals surface area (Å²) in [5, 5.41) is 4.49. The molecule has 0 aliphatic heterocycles. The molecule has 130 valence electrons. The topological polar surface area (TPSA) is 51.5 Å². The fraction of sp³-hybridized carbons (Fsp3) is 0.211. The molecule has 6 heteroatoms. The quantitative estimate of drug-likeness (QED) is 0.605. The summed E-state index contributed by atoms with van der Waals surface area (Å²) in [6.45, 7) is 0.558. The largest absolute Gasteiger partial charge is 0.493 e. The van der Waals surface area contributed by atoms with Gasteiger partial charge in [0.2, 0.25) is 0 Å². The summed E-state index contributed by atoms with van der Waals surface area (Å²) in [5.74, 6) is 2.29. The van der Waals surface area contributed by atoms with Gasteiger partial charge in [0.25, 0.3) is 5.91 Å². The van der Waals surface area contributed by atoms with Gasteiger partial charge in [0.05, 0.1) is 7.11 Å². The molecule has 1 amide bonds. The number of amides is 1. The van der Waals surface area contributed by atoms with Gasteiger partial charge in [-0.1, -0.05) is 41.9 Å². The van der Waals surface area contributed by atoms with Crippen LogP contribution in [0.2, 0.25) is 5.02 Å². The van der Waals surface area contributed by atoms with Crippen LogP contribution in [0.3, 0.4) is 0 Å². The number of carbonyl (C=O) groups is 1. The number of methoxy groups -OCH3 is 1. The average molecular weight is 376 g/mol. The fourth-order valence-corrected chi connectivity index (χ4v) is 3.57. The smallest absolute Gasteiger partial charge is 0.287 e. The molecule has 0 bridgehead atoms. The number of halogens is 1. The first-order valence-electron chi connectivity index (χ1n) is 7.85. The Morgan fingerprint density at radius 2 is 2.08 bits per heavy atom. The molecular formula is C19H18ClNO3S. The molecule has 0 spiro atoms. The van der Waals surface area contributed by atoms with E-state index >= 15 is 0 Å². The maximum Gasteiger partial charge on any atom is 0.287 e. The van der Waals surface area contributed by atoms with E-state index in [1.165, 1.54) is 0 Å². The van der Waals surface area contributed by atoms with Crippen molar-refractivity contribution in [2.45, 2.75) is 5.75 Å². The monoisotopic (exact) mass is 375 g/mol. The predicted molar refractivity (Wildman–Crippen MR) is 103 cm³/mol.